The van der Waals surface area contributed by atoms with Gasteiger partial charge in [-0.05, 0) is 49.7 Å². The molecule has 0 heterocycles. The average Bonchev–Trinajstić information content (AvgIpc) is 2.47. The first-order valence-corrected chi connectivity index (χ1v) is 6.81. The van der Waals surface area contributed by atoms with Gasteiger partial charge in [-0.15, -0.1) is 0 Å². The highest BCUT2D eigenvalue weighted by Gasteiger charge is 2.17. The molecule has 2 aromatic rings. The predicted octanol–water partition coefficient (Wildman–Crippen LogP) is 3.79. The van der Waals surface area contributed by atoms with Crippen molar-refractivity contribution in [2.75, 3.05) is 14.2 Å². The fourth-order valence-corrected chi connectivity index (χ4v) is 2.44. The molecule has 1 N–H and O–H groups in total. The summed E-state index contributed by atoms with van der Waals surface area (Å²) in [6.45, 7) is 1.94. The predicted molar refractivity (Wildman–Crippen MR) is 79.6 cm³/mol. The van der Waals surface area contributed by atoms with E-state index in [1.165, 1.54) is 18.2 Å². The summed E-state index contributed by atoms with van der Waals surface area (Å²) >= 11 is 0. The molecule has 0 saturated carbocycles. The molecule has 0 aromatic heterocycles. The fraction of sp³-hybridized carbons (Fsp3) is 0.294. The zero-order chi connectivity index (χ0) is 15.4. The molecule has 0 aliphatic carbocycles. The topological polar surface area (TPSA) is 21.3 Å². The van der Waals surface area contributed by atoms with Crippen LogP contribution in [-0.4, -0.2) is 14.2 Å². The first kappa shape index (κ1) is 15.4. The van der Waals surface area contributed by atoms with Crippen LogP contribution in [0.1, 0.15) is 22.7 Å². The highest BCUT2D eigenvalue weighted by atomic mass is 19.1. The summed E-state index contributed by atoms with van der Waals surface area (Å²) in [6.07, 6.45) is 0.251. The van der Waals surface area contributed by atoms with Crippen LogP contribution in [0.4, 0.5) is 8.78 Å². The third kappa shape index (κ3) is 3.39. The third-order valence-electron chi connectivity index (χ3n) is 3.64. The SMILES string of the molecule is CNC(Cc1c(F)cccc1F)c1ccc(OC)c(C)c1. The smallest absolute Gasteiger partial charge is 0.129 e. The van der Waals surface area contributed by atoms with Crippen LogP contribution in [0.3, 0.4) is 0 Å². The van der Waals surface area contributed by atoms with E-state index in [1.807, 2.05) is 25.1 Å². The summed E-state index contributed by atoms with van der Waals surface area (Å²) in [7, 11) is 3.40. The van der Waals surface area contributed by atoms with Crippen molar-refractivity contribution in [1.82, 2.24) is 5.32 Å². The van der Waals surface area contributed by atoms with Crippen LogP contribution in [-0.2, 0) is 6.42 Å². The van der Waals surface area contributed by atoms with Crippen molar-refractivity contribution in [3.8, 4) is 5.75 Å². The first-order valence-electron chi connectivity index (χ1n) is 6.81. The Morgan fingerprint density at radius 1 is 1.14 bits per heavy atom. The van der Waals surface area contributed by atoms with Crippen molar-refractivity contribution >= 4 is 0 Å². The third-order valence-corrected chi connectivity index (χ3v) is 3.64. The van der Waals surface area contributed by atoms with Crippen molar-refractivity contribution in [1.29, 1.82) is 0 Å². The number of benzene rings is 2. The van der Waals surface area contributed by atoms with Crippen molar-refractivity contribution in [2.45, 2.75) is 19.4 Å². The van der Waals surface area contributed by atoms with Gasteiger partial charge < -0.3 is 10.1 Å². The minimum atomic E-state index is -0.513. The van der Waals surface area contributed by atoms with Crippen LogP contribution in [0, 0.1) is 18.6 Å². The zero-order valence-electron chi connectivity index (χ0n) is 12.4. The maximum atomic E-state index is 13.8. The number of rotatable bonds is 5. The Hall–Kier alpha value is -1.94. The second-order valence-corrected chi connectivity index (χ2v) is 4.97. The van der Waals surface area contributed by atoms with Gasteiger partial charge in [0, 0.05) is 11.6 Å². The molecule has 0 radical (unpaired) electrons. The van der Waals surface area contributed by atoms with E-state index in [0.717, 1.165) is 16.9 Å². The maximum Gasteiger partial charge on any atom is 0.129 e. The van der Waals surface area contributed by atoms with Gasteiger partial charge >= 0.3 is 0 Å². The van der Waals surface area contributed by atoms with Crippen molar-refractivity contribution < 1.29 is 13.5 Å². The molecule has 112 valence electrons. The van der Waals surface area contributed by atoms with Crippen LogP contribution in [0.2, 0.25) is 0 Å². The van der Waals surface area contributed by atoms with E-state index in [-0.39, 0.29) is 18.0 Å². The number of ether oxygens (including phenoxy) is 1. The van der Waals surface area contributed by atoms with E-state index >= 15 is 0 Å². The van der Waals surface area contributed by atoms with E-state index in [2.05, 4.69) is 5.32 Å². The molecule has 1 unspecified atom stereocenters. The molecule has 0 aliphatic heterocycles. The lowest BCUT2D eigenvalue weighted by Crippen LogP contribution is -2.20. The van der Waals surface area contributed by atoms with Gasteiger partial charge in [-0.25, -0.2) is 8.78 Å². The van der Waals surface area contributed by atoms with Crippen LogP contribution in [0.5, 0.6) is 5.75 Å². The van der Waals surface area contributed by atoms with Crippen LogP contribution in [0.15, 0.2) is 36.4 Å². The zero-order valence-corrected chi connectivity index (χ0v) is 12.4. The van der Waals surface area contributed by atoms with Gasteiger partial charge in [0.05, 0.1) is 7.11 Å². The largest absolute Gasteiger partial charge is 0.496 e. The number of nitrogens with one attached hydrogen (secondary N) is 1. The molecule has 0 spiro atoms. The van der Waals surface area contributed by atoms with Gasteiger partial charge in [-0.2, -0.15) is 0 Å². The summed E-state index contributed by atoms with van der Waals surface area (Å²) in [5, 5.41) is 3.11. The second-order valence-electron chi connectivity index (χ2n) is 4.97. The molecule has 2 rings (SSSR count). The summed E-state index contributed by atoms with van der Waals surface area (Å²) in [5.41, 5.74) is 2.06. The highest BCUT2D eigenvalue weighted by molar-refractivity contribution is 5.38. The van der Waals surface area contributed by atoms with Gasteiger partial charge in [-0.3, -0.25) is 0 Å². The van der Waals surface area contributed by atoms with Gasteiger partial charge in [0.25, 0.3) is 0 Å². The molecule has 0 saturated heterocycles. The van der Waals surface area contributed by atoms with Crippen molar-refractivity contribution in [3.05, 3.63) is 64.7 Å². The van der Waals surface area contributed by atoms with Gasteiger partial charge in [0.15, 0.2) is 0 Å². The molecule has 0 fully saturated rings. The van der Waals surface area contributed by atoms with E-state index in [1.54, 1.807) is 14.2 Å². The normalized spacial score (nSPS) is 12.2. The van der Waals surface area contributed by atoms with Crippen LogP contribution < -0.4 is 10.1 Å². The maximum absolute atomic E-state index is 13.8. The highest BCUT2D eigenvalue weighted by Crippen LogP contribution is 2.26. The minimum absolute atomic E-state index is 0.102. The number of hydrogen-bond acceptors (Lipinski definition) is 2. The van der Waals surface area contributed by atoms with E-state index < -0.39 is 11.6 Å². The number of hydrogen-bond donors (Lipinski definition) is 1. The van der Waals surface area contributed by atoms with E-state index in [4.69, 9.17) is 4.74 Å². The molecule has 0 bridgehead atoms. The lowest BCUT2D eigenvalue weighted by atomic mass is 9.97. The molecule has 4 heteroatoms. The Morgan fingerprint density at radius 3 is 2.33 bits per heavy atom. The summed E-state index contributed by atoms with van der Waals surface area (Å²) in [4.78, 5) is 0. The average molecular weight is 291 g/mol. The fourth-order valence-electron chi connectivity index (χ4n) is 2.44. The Balaban J connectivity index is 2.30. The molecular formula is C17H19F2NO. The quantitative estimate of drug-likeness (QED) is 0.905. The number of aryl methyl sites for hydroxylation is 1. The number of methoxy groups -OCH3 is 1. The van der Waals surface area contributed by atoms with Gasteiger partial charge in [-0.1, -0.05) is 18.2 Å². The first-order chi connectivity index (χ1) is 10.1. The van der Waals surface area contributed by atoms with Gasteiger partial charge in [0.1, 0.15) is 17.4 Å². The van der Waals surface area contributed by atoms with E-state index in [0.29, 0.717) is 0 Å². The molecule has 2 aromatic carbocycles. The Bertz CT molecular complexity index is 608. The molecule has 0 aliphatic rings. The Morgan fingerprint density at radius 2 is 1.81 bits per heavy atom. The molecule has 0 amide bonds. The summed E-state index contributed by atoms with van der Waals surface area (Å²) < 4.78 is 32.8. The molecule has 1 atom stereocenters. The Labute approximate surface area is 123 Å². The van der Waals surface area contributed by atoms with Crippen molar-refractivity contribution in [3.63, 3.8) is 0 Å². The Kier molecular flexibility index (Phi) is 4.91. The lowest BCUT2D eigenvalue weighted by molar-refractivity contribution is 0.411. The summed E-state index contributed by atoms with van der Waals surface area (Å²) in [6, 6.07) is 9.52. The van der Waals surface area contributed by atoms with Crippen molar-refractivity contribution in [2.24, 2.45) is 0 Å². The number of likely N-dealkylation sites (N-methyl/N-ethyl adjacent to an activating group) is 1. The standard InChI is InChI=1S/C17H19F2NO/c1-11-9-12(7-8-17(11)21-3)16(20-2)10-13-14(18)5-4-6-15(13)19/h4-9,16,20H,10H2,1-3H3. The molecular weight excluding hydrogens is 272 g/mol. The summed E-state index contributed by atoms with van der Waals surface area (Å²) in [5.74, 6) is -0.230. The van der Waals surface area contributed by atoms with E-state index in [9.17, 15) is 8.78 Å². The minimum Gasteiger partial charge on any atom is -0.496 e. The molecule has 2 nitrogen and oxygen atoms in total. The second kappa shape index (κ2) is 6.68. The van der Waals surface area contributed by atoms with Gasteiger partial charge in [0.2, 0.25) is 0 Å². The van der Waals surface area contributed by atoms with Crippen LogP contribution in [0.25, 0.3) is 0 Å². The van der Waals surface area contributed by atoms with Crippen LogP contribution >= 0.6 is 0 Å². The monoisotopic (exact) mass is 291 g/mol. The lowest BCUT2D eigenvalue weighted by Gasteiger charge is -2.19. The molecule has 21 heavy (non-hydrogen) atoms. The number of halogens is 2.